The van der Waals surface area contributed by atoms with Crippen molar-refractivity contribution in [1.82, 2.24) is 10.3 Å². The molecule has 4 heteroatoms. The molecule has 1 saturated carbocycles. The summed E-state index contributed by atoms with van der Waals surface area (Å²) in [5, 5.41) is 4.74. The molecule has 2 rings (SSSR count). The van der Waals surface area contributed by atoms with Crippen LogP contribution in [0.1, 0.15) is 57.0 Å². The fourth-order valence-corrected chi connectivity index (χ4v) is 3.21. The quantitative estimate of drug-likeness (QED) is 0.827. The molecule has 0 amide bonds. The summed E-state index contributed by atoms with van der Waals surface area (Å²) >= 11 is 1.87. The van der Waals surface area contributed by atoms with E-state index in [0.717, 1.165) is 19.0 Å². The highest BCUT2D eigenvalue weighted by molar-refractivity contribution is 7.15. The zero-order valence-corrected chi connectivity index (χ0v) is 13.7. The number of anilines is 1. The average molecular weight is 281 g/mol. The van der Waals surface area contributed by atoms with Crippen LogP contribution >= 0.6 is 11.3 Å². The summed E-state index contributed by atoms with van der Waals surface area (Å²) in [5.74, 6) is 1.44. The van der Waals surface area contributed by atoms with Gasteiger partial charge in [-0.05, 0) is 39.2 Å². The van der Waals surface area contributed by atoms with Gasteiger partial charge in [-0.25, -0.2) is 4.98 Å². The maximum atomic E-state index is 4.90. The predicted octanol–water partition coefficient (Wildman–Crippen LogP) is 3.61. The molecular formula is C15H27N3S. The van der Waals surface area contributed by atoms with Crippen molar-refractivity contribution in [3.05, 3.63) is 10.6 Å². The molecule has 1 aliphatic carbocycles. The highest BCUT2D eigenvalue weighted by Crippen LogP contribution is 2.44. The smallest absolute Gasteiger partial charge is 0.185 e. The Morgan fingerprint density at radius 2 is 2.00 bits per heavy atom. The molecule has 0 bridgehead atoms. The second kappa shape index (κ2) is 6.23. The molecule has 0 unspecified atom stereocenters. The van der Waals surface area contributed by atoms with Crippen molar-refractivity contribution in [3.8, 4) is 0 Å². The van der Waals surface area contributed by atoms with Gasteiger partial charge in [0, 0.05) is 30.4 Å². The SMILES string of the molecule is CC(C)CNCc1sc(N(C)C(C)C)nc1C1CC1. The minimum atomic E-state index is 0.509. The summed E-state index contributed by atoms with van der Waals surface area (Å²) in [5.41, 5.74) is 1.36. The minimum absolute atomic E-state index is 0.509. The minimum Gasteiger partial charge on any atom is -0.349 e. The largest absolute Gasteiger partial charge is 0.349 e. The Kier molecular flexibility index (Phi) is 4.85. The molecular weight excluding hydrogens is 254 g/mol. The third-order valence-corrected chi connectivity index (χ3v) is 4.76. The molecule has 108 valence electrons. The van der Waals surface area contributed by atoms with Crippen LogP contribution in [-0.2, 0) is 6.54 Å². The molecule has 0 aromatic carbocycles. The Labute approximate surface area is 121 Å². The van der Waals surface area contributed by atoms with Gasteiger partial charge < -0.3 is 10.2 Å². The third-order valence-electron chi connectivity index (χ3n) is 3.59. The van der Waals surface area contributed by atoms with Gasteiger partial charge in [0.15, 0.2) is 5.13 Å². The summed E-state index contributed by atoms with van der Waals surface area (Å²) < 4.78 is 0. The second-order valence-electron chi connectivity index (χ2n) is 6.31. The van der Waals surface area contributed by atoms with Crippen molar-refractivity contribution in [2.24, 2.45) is 5.92 Å². The first-order chi connectivity index (χ1) is 8.99. The number of aromatic nitrogens is 1. The maximum Gasteiger partial charge on any atom is 0.185 e. The number of hydrogen-bond donors (Lipinski definition) is 1. The number of rotatable bonds is 7. The summed E-state index contributed by atoms with van der Waals surface area (Å²) in [4.78, 5) is 8.63. The first-order valence-corrected chi connectivity index (χ1v) is 8.23. The van der Waals surface area contributed by atoms with Gasteiger partial charge in [0.1, 0.15) is 0 Å². The van der Waals surface area contributed by atoms with Gasteiger partial charge in [-0.15, -0.1) is 11.3 Å². The van der Waals surface area contributed by atoms with Crippen LogP contribution in [0.2, 0.25) is 0 Å². The van der Waals surface area contributed by atoms with E-state index in [2.05, 4.69) is 45.0 Å². The first kappa shape index (κ1) is 14.8. The molecule has 0 atom stereocenters. The van der Waals surface area contributed by atoms with Gasteiger partial charge in [-0.2, -0.15) is 0 Å². The van der Waals surface area contributed by atoms with Crippen molar-refractivity contribution in [3.63, 3.8) is 0 Å². The van der Waals surface area contributed by atoms with Crippen LogP contribution in [0.25, 0.3) is 0 Å². The van der Waals surface area contributed by atoms with Crippen LogP contribution in [0.15, 0.2) is 0 Å². The van der Waals surface area contributed by atoms with Crippen LogP contribution in [-0.4, -0.2) is 24.6 Å². The molecule has 1 aromatic rings. The molecule has 3 nitrogen and oxygen atoms in total. The predicted molar refractivity (Wildman–Crippen MR) is 84.2 cm³/mol. The average Bonchev–Trinajstić information content (AvgIpc) is 3.09. The standard InChI is InChI=1S/C15H27N3S/c1-10(2)8-16-9-13-14(12-6-7-12)17-15(19-13)18(5)11(3)4/h10-12,16H,6-9H2,1-5H3. The van der Waals surface area contributed by atoms with Crippen molar-refractivity contribution < 1.29 is 0 Å². The number of hydrogen-bond acceptors (Lipinski definition) is 4. The first-order valence-electron chi connectivity index (χ1n) is 7.42. The van der Waals surface area contributed by atoms with Crippen molar-refractivity contribution in [2.75, 3.05) is 18.5 Å². The van der Waals surface area contributed by atoms with Gasteiger partial charge in [0.2, 0.25) is 0 Å². The molecule has 1 fully saturated rings. The lowest BCUT2D eigenvalue weighted by Gasteiger charge is -2.19. The van der Waals surface area contributed by atoms with E-state index in [9.17, 15) is 0 Å². The summed E-state index contributed by atoms with van der Waals surface area (Å²) in [6.07, 6.45) is 2.65. The fraction of sp³-hybridized carbons (Fsp3) is 0.800. The van der Waals surface area contributed by atoms with Gasteiger partial charge in [-0.3, -0.25) is 0 Å². The van der Waals surface area contributed by atoms with E-state index >= 15 is 0 Å². The molecule has 1 aromatic heterocycles. The molecule has 0 saturated heterocycles. The molecule has 1 aliphatic rings. The topological polar surface area (TPSA) is 28.2 Å². The van der Waals surface area contributed by atoms with Gasteiger partial charge in [0.05, 0.1) is 5.69 Å². The normalized spacial score (nSPS) is 15.5. The van der Waals surface area contributed by atoms with Crippen LogP contribution in [0.4, 0.5) is 5.13 Å². The Morgan fingerprint density at radius 1 is 1.32 bits per heavy atom. The van der Waals surface area contributed by atoms with E-state index in [-0.39, 0.29) is 0 Å². The summed E-state index contributed by atoms with van der Waals surface area (Å²) in [6.45, 7) is 11.0. The van der Waals surface area contributed by atoms with Gasteiger partial charge in [0.25, 0.3) is 0 Å². The van der Waals surface area contributed by atoms with E-state index in [1.165, 1.54) is 28.5 Å². The lowest BCUT2D eigenvalue weighted by atomic mass is 10.2. The summed E-state index contributed by atoms with van der Waals surface area (Å²) in [6, 6.07) is 0.509. The summed E-state index contributed by atoms with van der Waals surface area (Å²) in [7, 11) is 2.14. The zero-order chi connectivity index (χ0) is 14.0. The van der Waals surface area contributed by atoms with E-state index in [4.69, 9.17) is 4.98 Å². The highest BCUT2D eigenvalue weighted by atomic mass is 32.1. The molecule has 19 heavy (non-hydrogen) atoms. The lowest BCUT2D eigenvalue weighted by molar-refractivity contribution is 0.553. The number of thiazole rings is 1. The van der Waals surface area contributed by atoms with Crippen LogP contribution in [0.3, 0.4) is 0 Å². The monoisotopic (exact) mass is 281 g/mol. The Balaban J connectivity index is 2.07. The van der Waals surface area contributed by atoms with E-state index < -0.39 is 0 Å². The number of nitrogens with zero attached hydrogens (tertiary/aromatic N) is 2. The van der Waals surface area contributed by atoms with Gasteiger partial charge >= 0.3 is 0 Å². The van der Waals surface area contributed by atoms with Crippen LogP contribution in [0, 0.1) is 5.92 Å². The van der Waals surface area contributed by atoms with Crippen LogP contribution in [0.5, 0.6) is 0 Å². The zero-order valence-electron chi connectivity index (χ0n) is 12.9. The lowest BCUT2D eigenvalue weighted by Crippen LogP contribution is -2.25. The molecule has 0 spiro atoms. The Morgan fingerprint density at radius 3 is 2.53 bits per heavy atom. The molecule has 0 radical (unpaired) electrons. The van der Waals surface area contributed by atoms with E-state index in [1.54, 1.807) is 0 Å². The Bertz CT molecular complexity index is 408. The van der Waals surface area contributed by atoms with Crippen molar-refractivity contribution in [2.45, 2.75) is 59.0 Å². The third kappa shape index (κ3) is 3.93. The number of nitrogens with one attached hydrogen (secondary N) is 1. The fourth-order valence-electron chi connectivity index (χ4n) is 2.00. The van der Waals surface area contributed by atoms with Crippen LogP contribution < -0.4 is 10.2 Å². The maximum absolute atomic E-state index is 4.90. The molecule has 1 heterocycles. The van der Waals surface area contributed by atoms with Crippen molar-refractivity contribution in [1.29, 1.82) is 0 Å². The van der Waals surface area contributed by atoms with E-state index in [0.29, 0.717) is 12.0 Å². The molecule has 0 aliphatic heterocycles. The van der Waals surface area contributed by atoms with E-state index in [1.807, 2.05) is 11.3 Å². The Hall–Kier alpha value is -0.610. The second-order valence-corrected chi connectivity index (χ2v) is 7.37. The highest BCUT2D eigenvalue weighted by Gasteiger charge is 2.30. The molecule has 1 N–H and O–H groups in total. The van der Waals surface area contributed by atoms with Gasteiger partial charge in [-0.1, -0.05) is 13.8 Å². The van der Waals surface area contributed by atoms with Crippen molar-refractivity contribution >= 4 is 16.5 Å².